The van der Waals surface area contributed by atoms with Gasteiger partial charge in [0.15, 0.2) is 0 Å². The van der Waals surface area contributed by atoms with Crippen molar-refractivity contribution in [3.05, 3.63) is 88.1 Å². The Morgan fingerprint density at radius 3 is 2.17 bits per heavy atom. The van der Waals surface area contributed by atoms with E-state index in [-0.39, 0.29) is 16.8 Å². The van der Waals surface area contributed by atoms with Gasteiger partial charge in [-0.15, -0.1) is 0 Å². The number of carbonyl (C=O) groups is 1. The number of hydrogen-bond donors (Lipinski definition) is 1. The molecule has 30 heavy (non-hydrogen) atoms. The minimum absolute atomic E-state index is 0.0524. The zero-order valence-electron chi connectivity index (χ0n) is 15.6. The average molecular weight is 417 g/mol. The summed E-state index contributed by atoms with van der Waals surface area (Å²) in [7, 11) is 0. The molecule has 1 atom stereocenters. The molecule has 0 bridgehead atoms. The van der Waals surface area contributed by atoms with Crippen LogP contribution in [0.3, 0.4) is 0 Å². The van der Waals surface area contributed by atoms with E-state index in [0.29, 0.717) is 11.4 Å². The van der Waals surface area contributed by atoms with Gasteiger partial charge in [-0.05, 0) is 55.5 Å². The third-order valence-corrected chi connectivity index (χ3v) is 4.93. The molecular formula is C21H15F4N3O2. The first-order valence-corrected chi connectivity index (χ1v) is 8.95. The summed E-state index contributed by atoms with van der Waals surface area (Å²) in [5.41, 5.74) is -0.366. The fourth-order valence-electron chi connectivity index (χ4n) is 3.55. The topological polar surface area (TPSA) is 56.4 Å². The van der Waals surface area contributed by atoms with Crippen molar-refractivity contribution in [2.24, 2.45) is 0 Å². The Kier molecular flexibility index (Phi) is 4.60. The fraction of sp³-hybridized carbons (Fsp3) is 0.143. The van der Waals surface area contributed by atoms with Crippen molar-refractivity contribution in [3.63, 3.8) is 0 Å². The molecular weight excluding hydrogens is 402 g/mol. The summed E-state index contributed by atoms with van der Waals surface area (Å²) in [5, 5.41) is 0. The molecule has 1 N–H and O–H groups in total. The molecule has 0 aliphatic carbocycles. The van der Waals surface area contributed by atoms with Crippen molar-refractivity contribution in [3.8, 4) is 0 Å². The fourth-order valence-corrected chi connectivity index (χ4v) is 3.55. The van der Waals surface area contributed by atoms with E-state index in [0.717, 1.165) is 18.2 Å². The van der Waals surface area contributed by atoms with Crippen molar-refractivity contribution < 1.29 is 22.4 Å². The van der Waals surface area contributed by atoms with Crippen LogP contribution in [-0.2, 0) is 6.18 Å². The van der Waals surface area contributed by atoms with Gasteiger partial charge in [-0.1, -0.05) is 0 Å². The van der Waals surface area contributed by atoms with E-state index in [1.54, 1.807) is 6.92 Å². The Labute approximate surface area is 168 Å². The van der Waals surface area contributed by atoms with Gasteiger partial charge >= 0.3 is 6.18 Å². The van der Waals surface area contributed by atoms with E-state index >= 15 is 0 Å². The molecule has 0 saturated heterocycles. The lowest BCUT2D eigenvalue weighted by molar-refractivity contribution is -0.137. The van der Waals surface area contributed by atoms with Crippen LogP contribution in [0.25, 0.3) is 0 Å². The van der Waals surface area contributed by atoms with Crippen LogP contribution in [-0.4, -0.2) is 17.1 Å². The van der Waals surface area contributed by atoms with Gasteiger partial charge in [-0.3, -0.25) is 14.5 Å². The monoisotopic (exact) mass is 417 g/mol. The van der Waals surface area contributed by atoms with Crippen LogP contribution in [0.1, 0.15) is 22.8 Å². The van der Waals surface area contributed by atoms with Gasteiger partial charge in [0.25, 0.3) is 5.91 Å². The Morgan fingerprint density at radius 1 is 0.900 bits per heavy atom. The quantitative estimate of drug-likeness (QED) is 0.617. The Morgan fingerprint density at radius 2 is 1.57 bits per heavy atom. The average Bonchev–Trinajstić information content (AvgIpc) is 2.70. The van der Waals surface area contributed by atoms with Gasteiger partial charge in [-0.25, -0.2) is 4.39 Å². The first kappa shape index (κ1) is 19.7. The second kappa shape index (κ2) is 7.01. The second-order valence-corrected chi connectivity index (χ2v) is 6.79. The normalized spacial score (nSPS) is 16.6. The lowest BCUT2D eigenvalue weighted by Crippen LogP contribution is -2.52. The number of nitrogens with zero attached hydrogens (tertiary/aromatic N) is 2. The Hall–Kier alpha value is -3.62. The first-order chi connectivity index (χ1) is 14.2. The van der Waals surface area contributed by atoms with Crippen molar-refractivity contribution >= 4 is 23.0 Å². The molecule has 1 amide bonds. The molecule has 154 valence electrons. The van der Waals surface area contributed by atoms with Gasteiger partial charge < -0.3 is 9.88 Å². The predicted octanol–water partition coefficient (Wildman–Crippen LogP) is 4.68. The number of alkyl halides is 3. The summed E-state index contributed by atoms with van der Waals surface area (Å²) in [4.78, 5) is 29.9. The van der Waals surface area contributed by atoms with Crippen LogP contribution in [0, 0.1) is 5.82 Å². The van der Waals surface area contributed by atoms with E-state index < -0.39 is 29.6 Å². The predicted molar refractivity (Wildman–Crippen MR) is 103 cm³/mol. The highest BCUT2D eigenvalue weighted by Crippen LogP contribution is 2.41. The number of aromatic nitrogens is 1. The molecule has 9 heteroatoms. The summed E-state index contributed by atoms with van der Waals surface area (Å²) in [6, 6.07) is 10.8. The van der Waals surface area contributed by atoms with Gasteiger partial charge in [0.05, 0.1) is 22.5 Å². The summed E-state index contributed by atoms with van der Waals surface area (Å²) < 4.78 is 53.4. The van der Waals surface area contributed by atoms with E-state index in [9.17, 15) is 27.2 Å². The van der Waals surface area contributed by atoms with Crippen LogP contribution >= 0.6 is 0 Å². The largest absolute Gasteiger partial charge is 0.416 e. The maximum Gasteiger partial charge on any atom is 0.416 e. The molecule has 2 aromatic carbocycles. The molecule has 1 aliphatic rings. The Bertz CT molecular complexity index is 1150. The molecule has 5 nitrogen and oxygen atoms in total. The minimum atomic E-state index is -4.59. The summed E-state index contributed by atoms with van der Waals surface area (Å²) in [6.45, 7) is 1.63. The number of fused-ring (bicyclic) bond motifs is 1. The molecule has 2 heterocycles. The van der Waals surface area contributed by atoms with Crippen molar-refractivity contribution in [1.82, 2.24) is 4.98 Å². The Balaban J connectivity index is 1.93. The second-order valence-electron chi connectivity index (χ2n) is 6.79. The molecule has 3 aromatic rings. The van der Waals surface area contributed by atoms with Crippen LogP contribution < -0.4 is 15.4 Å². The van der Waals surface area contributed by atoms with Gasteiger partial charge in [0, 0.05) is 18.0 Å². The van der Waals surface area contributed by atoms with Crippen molar-refractivity contribution in [1.29, 1.82) is 0 Å². The number of benzene rings is 2. The van der Waals surface area contributed by atoms with Crippen LogP contribution in [0.5, 0.6) is 0 Å². The summed E-state index contributed by atoms with van der Waals surface area (Å²) >= 11 is 0. The van der Waals surface area contributed by atoms with Gasteiger partial charge in [0.1, 0.15) is 12.0 Å². The number of aromatic amines is 1. The minimum Gasteiger partial charge on any atom is -0.327 e. The molecule has 4 rings (SSSR count). The number of carbonyl (C=O) groups excluding carboxylic acids is 1. The lowest BCUT2D eigenvalue weighted by atomic mass is 10.0. The number of amides is 1. The highest BCUT2D eigenvalue weighted by atomic mass is 19.4. The van der Waals surface area contributed by atoms with Gasteiger partial charge in [-0.2, -0.15) is 13.2 Å². The number of hydrogen-bond acceptors (Lipinski definition) is 3. The number of rotatable bonds is 2. The number of nitrogens with one attached hydrogen (secondary N) is 1. The highest BCUT2D eigenvalue weighted by Gasteiger charge is 2.39. The molecule has 0 unspecified atom stereocenters. The van der Waals surface area contributed by atoms with E-state index in [2.05, 4.69) is 4.98 Å². The number of halogens is 4. The lowest BCUT2D eigenvalue weighted by Gasteiger charge is -2.44. The van der Waals surface area contributed by atoms with Gasteiger partial charge in [0.2, 0.25) is 5.56 Å². The molecule has 0 radical (unpaired) electrons. The van der Waals surface area contributed by atoms with E-state index in [1.807, 2.05) is 0 Å². The number of anilines is 3. The number of pyridine rings is 1. The standard InChI is InChI=1S/C21H15F4N3O2/c1-12-27(15-5-3-14(22)4-6-15)18-10-13(21(23,24)25)2-8-17(18)20(30)28(12)16-7-9-19(29)26-11-16/h2-12H,1H3,(H,26,29)/t12-/m0/s1. The molecule has 1 aliphatic heterocycles. The van der Waals surface area contributed by atoms with E-state index in [1.165, 1.54) is 52.4 Å². The summed E-state index contributed by atoms with van der Waals surface area (Å²) in [6.07, 6.45) is -4.00. The molecule has 0 fully saturated rings. The number of H-pyrrole nitrogens is 1. The third kappa shape index (κ3) is 3.32. The SMILES string of the molecule is C[C@@H]1N(c2ccc(=O)[nH]c2)C(=O)c2ccc(C(F)(F)F)cc2N1c1ccc(F)cc1. The van der Waals surface area contributed by atoms with Crippen LogP contribution in [0.15, 0.2) is 65.6 Å². The first-order valence-electron chi connectivity index (χ1n) is 8.95. The highest BCUT2D eigenvalue weighted by molar-refractivity contribution is 6.13. The van der Waals surface area contributed by atoms with Crippen molar-refractivity contribution in [2.75, 3.05) is 9.80 Å². The smallest absolute Gasteiger partial charge is 0.327 e. The van der Waals surface area contributed by atoms with Crippen LogP contribution in [0.2, 0.25) is 0 Å². The summed E-state index contributed by atoms with van der Waals surface area (Å²) in [5.74, 6) is -1.02. The van der Waals surface area contributed by atoms with Crippen molar-refractivity contribution in [2.45, 2.75) is 19.3 Å². The molecule has 1 aromatic heterocycles. The maximum absolute atomic E-state index is 13.4. The van der Waals surface area contributed by atoms with Crippen LogP contribution in [0.4, 0.5) is 34.6 Å². The van der Waals surface area contributed by atoms with E-state index in [4.69, 9.17) is 0 Å². The maximum atomic E-state index is 13.4. The molecule has 0 saturated carbocycles. The third-order valence-electron chi connectivity index (χ3n) is 4.93. The zero-order chi connectivity index (χ0) is 21.6. The zero-order valence-corrected chi connectivity index (χ0v) is 15.6. The molecule has 0 spiro atoms.